The Hall–Kier alpha value is -3.22. The molecule has 0 amide bonds. The first-order chi connectivity index (χ1) is 12.3. The zero-order valence-corrected chi connectivity index (χ0v) is 13.8. The van der Waals surface area contributed by atoms with Crippen LogP contribution in [0.1, 0.15) is 36.8 Å². The summed E-state index contributed by atoms with van der Waals surface area (Å²) < 4.78 is 0. The number of carbonyl (C=O) groups is 2. The van der Waals surface area contributed by atoms with Gasteiger partial charge in [-0.1, -0.05) is 24.3 Å². The maximum atomic E-state index is 11.2. The highest BCUT2D eigenvalue weighted by Crippen LogP contribution is 2.54. The van der Waals surface area contributed by atoms with Gasteiger partial charge in [0.25, 0.3) is 5.69 Å². The number of benzene rings is 2. The molecule has 1 aliphatic carbocycles. The molecule has 0 radical (unpaired) electrons. The lowest BCUT2D eigenvalue weighted by Gasteiger charge is -2.31. The van der Waals surface area contributed by atoms with Crippen LogP contribution in [0.15, 0.2) is 42.5 Å². The fraction of sp³-hybridized carbons (Fsp3) is 0.263. The molecule has 0 heterocycles. The van der Waals surface area contributed by atoms with Crippen LogP contribution in [-0.4, -0.2) is 27.1 Å². The van der Waals surface area contributed by atoms with Crippen LogP contribution < -0.4 is 0 Å². The molecule has 0 aromatic heterocycles. The number of aliphatic carboxylic acids is 2. The van der Waals surface area contributed by atoms with E-state index in [-0.39, 0.29) is 31.4 Å². The molecular formula is C19H17NO6. The minimum Gasteiger partial charge on any atom is -0.481 e. The van der Waals surface area contributed by atoms with Crippen molar-refractivity contribution in [2.45, 2.75) is 31.1 Å². The van der Waals surface area contributed by atoms with Crippen molar-refractivity contribution in [1.82, 2.24) is 0 Å². The molecule has 3 rings (SSSR count). The number of hydrogen-bond acceptors (Lipinski definition) is 4. The number of carboxylic acids is 2. The second-order valence-electron chi connectivity index (χ2n) is 6.40. The third-order valence-corrected chi connectivity index (χ3v) is 4.99. The van der Waals surface area contributed by atoms with Crippen LogP contribution in [0.3, 0.4) is 0 Å². The highest BCUT2D eigenvalue weighted by atomic mass is 16.6. The van der Waals surface area contributed by atoms with Crippen molar-refractivity contribution in [2.75, 3.05) is 0 Å². The van der Waals surface area contributed by atoms with E-state index in [4.69, 9.17) is 0 Å². The molecule has 1 aliphatic rings. The topological polar surface area (TPSA) is 118 Å². The first-order valence-corrected chi connectivity index (χ1v) is 8.17. The van der Waals surface area contributed by atoms with Crippen molar-refractivity contribution in [3.8, 4) is 11.1 Å². The zero-order valence-electron chi connectivity index (χ0n) is 13.8. The van der Waals surface area contributed by atoms with Gasteiger partial charge >= 0.3 is 11.9 Å². The molecule has 0 bridgehead atoms. The highest BCUT2D eigenvalue weighted by molar-refractivity contribution is 5.83. The Labute approximate surface area is 149 Å². The Morgan fingerprint density at radius 3 is 2.08 bits per heavy atom. The quantitative estimate of drug-likeness (QED) is 0.579. The zero-order chi connectivity index (χ0) is 18.9. The minimum absolute atomic E-state index is 0.0911. The molecule has 0 unspecified atom stereocenters. The van der Waals surface area contributed by atoms with Crippen molar-refractivity contribution in [2.24, 2.45) is 0 Å². The fourth-order valence-electron chi connectivity index (χ4n) is 3.86. The predicted octanol–water partition coefficient (Wildman–Crippen LogP) is 3.59. The van der Waals surface area contributed by atoms with E-state index >= 15 is 0 Å². The molecule has 0 saturated heterocycles. The van der Waals surface area contributed by atoms with Gasteiger partial charge in [0.15, 0.2) is 0 Å². The summed E-state index contributed by atoms with van der Waals surface area (Å²) in [7, 11) is 0. The SMILES string of the molecule is O=C(O)CCC1(CCC(=O)O)c2ccccc2-c2ccc([N+](=O)[O-])cc21. The summed E-state index contributed by atoms with van der Waals surface area (Å²) in [6, 6.07) is 11.9. The molecule has 0 fully saturated rings. The lowest BCUT2D eigenvalue weighted by molar-refractivity contribution is -0.384. The van der Waals surface area contributed by atoms with Gasteiger partial charge < -0.3 is 10.2 Å². The van der Waals surface area contributed by atoms with E-state index < -0.39 is 22.3 Å². The molecule has 0 spiro atoms. The number of nitro groups is 1. The van der Waals surface area contributed by atoms with Gasteiger partial charge in [-0.15, -0.1) is 0 Å². The van der Waals surface area contributed by atoms with Gasteiger partial charge in [-0.3, -0.25) is 19.7 Å². The predicted molar refractivity (Wildman–Crippen MR) is 93.1 cm³/mol. The van der Waals surface area contributed by atoms with Crippen LogP contribution in [0.25, 0.3) is 11.1 Å². The van der Waals surface area contributed by atoms with Crippen molar-refractivity contribution >= 4 is 17.6 Å². The van der Waals surface area contributed by atoms with Crippen LogP contribution in [0.5, 0.6) is 0 Å². The van der Waals surface area contributed by atoms with Gasteiger partial charge in [-0.25, -0.2) is 0 Å². The molecule has 2 aromatic rings. The Morgan fingerprint density at radius 1 is 0.923 bits per heavy atom. The average molecular weight is 355 g/mol. The Balaban J connectivity index is 2.23. The van der Waals surface area contributed by atoms with E-state index in [0.717, 1.165) is 16.7 Å². The smallest absolute Gasteiger partial charge is 0.303 e. The molecule has 7 nitrogen and oxygen atoms in total. The number of carboxylic acid groups (broad SMARTS) is 2. The second-order valence-corrected chi connectivity index (χ2v) is 6.40. The van der Waals surface area contributed by atoms with Crippen LogP contribution >= 0.6 is 0 Å². The molecule has 2 aromatic carbocycles. The van der Waals surface area contributed by atoms with E-state index in [9.17, 15) is 29.9 Å². The maximum absolute atomic E-state index is 11.2. The third-order valence-electron chi connectivity index (χ3n) is 4.99. The van der Waals surface area contributed by atoms with Crippen LogP contribution in [0, 0.1) is 10.1 Å². The van der Waals surface area contributed by atoms with Gasteiger partial charge in [0, 0.05) is 30.4 Å². The molecule has 7 heteroatoms. The number of hydrogen-bond donors (Lipinski definition) is 2. The molecule has 26 heavy (non-hydrogen) atoms. The summed E-state index contributed by atoms with van der Waals surface area (Å²) in [4.78, 5) is 33.2. The fourth-order valence-corrected chi connectivity index (χ4v) is 3.86. The van der Waals surface area contributed by atoms with E-state index in [1.165, 1.54) is 12.1 Å². The summed E-state index contributed by atoms with van der Waals surface area (Å²) in [5.41, 5.74) is 2.17. The van der Waals surface area contributed by atoms with E-state index in [2.05, 4.69) is 0 Å². The van der Waals surface area contributed by atoms with E-state index in [1.807, 2.05) is 24.3 Å². The van der Waals surface area contributed by atoms with Crippen molar-refractivity contribution in [3.63, 3.8) is 0 Å². The number of nitro benzene ring substituents is 1. The molecule has 134 valence electrons. The number of rotatable bonds is 7. The first-order valence-electron chi connectivity index (χ1n) is 8.17. The first kappa shape index (κ1) is 17.6. The summed E-state index contributed by atoms with van der Waals surface area (Å²) in [5, 5.41) is 29.6. The minimum atomic E-state index is -0.990. The largest absolute Gasteiger partial charge is 0.481 e. The average Bonchev–Trinajstić information content (AvgIpc) is 2.88. The van der Waals surface area contributed by atoms with Crippen molar-refractivity contribution < 1.29 is 24.7 Å². The number of nitrogens with zero attached hydrogens (tertiary/aromatic N) is 1. The number of fused-ring (bicyclic) bond motifs is 3. The van der Waals surface area contributed by atoms with Crippen molar-refractivity contribution in [1.29, 1.82) is 0 Å². The van der Waals surface area contributed by atoms with Gasteiger partial charge in [-0.2, -0.15) is 0 Å². The molecule has 0 aliphatic heterocycles. The molecule has 0 saturated carbocycles. The maximum Gasteiger partial charge on any atom is 0.303 e. The van der Waals surface area contributed by atoms with Crippen molar-refractivity contribution in [3.05, 3.63) is 63.7 Å². The summed E-state index contributed by atoms with van der Waals surface area (Å²) >= 11 is 0. The van der Waals surface area contributed by atoms with Gasteiger partial charge in [-0.05, 0) is 41.2 Å². The lowest BCUT2D eigenvalue weighted by Crippen LogP contribution is -2.27. The van der Waals surface area contributed by atoms with Crippen LogP contribution in [0.2, 0.25) is 0 Å². The normalized spacial score (nSPS) is 13.7. The monoisotopic (exact) mass is 355 g/mol. The molecule has 0 atom stereocenters. The molecular weight excluding hydrogens is 338 g/mol. The summed E-state index contributed by atoms with van der Waals surface area (Å²) in [6.45, 7) is 0. The van der Waals surface area contributed by atoms with E-state index in [0.29, 0.717) is 5.56 Å². The van der Waals surface area contributed by atoms with Crippen LogP contribution in [-0.2, 0) is 15.0 Å². The van der Waals surface area contributed by atoms with Crippen LogP contribution in [0.4, 0.5) is 5.69 Å². The lowest BCUT2D eigenvalue weighted by atomic mass is 9.71. The summed E-state index contributed by atoms with van der Waals surface area (Å²) in [6.07, 6.45) is 0.0494. The van der Waals surface area contributed by atoms with E-state index in [1.54, 1.807) is 6.07 Å². The Kier molecular flexibility index (Phi) is 4.46. The van der Waals surface area contributed by atoms with Gasteiger partial charge in [0.1, 0.15) is 0 Å². The Bertz CT molecular complexity index is 887. The van der Waals surface area contributed by atoms with Gasteiger partial charge in [0.2, 0.25) is 0 Å². The second kappa shape index (κ2) is 6.59. The Morgan fingerprint density at radius 2 is 1.50 bits per heavy atom. The standard InChI is InChI=1S/C19H17NO6/c21-17(22)7-9-19(10-8-18(23)24)15-4-2-1-3-13(15)14-6-5-12(20(25)26)11-16(14)19/h1-6,11H,7-10H2,(H,21,22)(H,23,24). The number of non-ortho nitro benzene ring substituents is 1. The van der Waals surface area contributed by atoms with Gasteiger partial charge in [0.05, 0.1) is 4.92 Å². The summed E-state index contributed by atoms with van der Waals surface area (Å²) in [5.74, 6) is -1.98. The highest BCUT2D eigenvalue weighted by Gasteiger charge is 2.44. The molecule has 2 N–H and O–H groups in total. The third kappa shape index (κ3) is 2.92.